The third-order valence-corrected chi connectivity index (χ3v) is 7.46. The SMILES string of the molecule is CN(C)CCCCC(=O)N(C)c1ccc(NC(=C2C(=O)Nc3cc(Br)ccc32)c2cccc(CCC(=O)O)c2)cc1. The predicted octanol–water partition coefficient (Wildman–Crippen LogP) is 6.09. The zero-order valence-corrected chi connectivity index (χ0v) is 25.1. The first kappa shape index (κ1) is 30.0. The molecule has 2 amide bonds. The van der Waals surface area contributed by atoms with Gasteiger partial charge in [0.05, 0.1) is 17.0 Å². The molecular weight excluding hydrogens is 584 g/mol. The van der Waals surface area contributed by atoms with Gasteiger partial charge in [0, 0.05) is 41.3 Å². The summed E-state index contributed by atoms with van der Waals surface area (Å²) in [5.74, 6) is -1.03. The second-order valence-corrected chi connectivity index (χ2v) is 11.3. The molecule has 1 aliphatic rings. The van der Waals surface area contributed by atoms with Crippen molar-refractivity contribution >= 4 is 62.0 Å². The summed E-state index contributed by atoms with van der Waals surface area (Å²) >= 11 is 3.47. The van der Waals surface area contributed by atoms with Crippen molar-refractivity contribution < 1.29 is 19.5 Å². The van der Waals surface area contributed by atoms with Crippen LogP contribution in [-0.2, 0) is 20.8 Å². The van der Waals surface area contributed by atoms with E-state index in [1.165, 1.54) is 0 Å². The Morgan fingerprint density at radius 1 is 0.951 bits per heavy atom. The van der Waals surface area contributed by atoms with Gasteiger partial charge >= 0.3 is 5.97 Å². The van der Waals surface area contributed by atoms with Crippen LogP contribution in [0.5, 0.6) is 0 Å². The summed E-state index contributed by atoms with van der Waals surface area (Å²) in [4.78, 5) is 40.9. The smallest absolute Gasteiger partial charge is 0.303 e. The van der Waals surface area contributed by atoms with Crippen molar-refractivity contribution in [3.8, 4) is 0 Å². The van der Waals surface area contributed by atoms with Crippen LogP contribution in [0.1, 0.15) is 42.4 Å². The van der Waals surface area contributed by atoms with E-state index in [-0.39, 0.29) is 18.2 Å². The van der Waals surface area contributed by atoms with Crippen LogP contribution in [-0.4, -0.2) is 55.5 Å². The van der Waals surface area contributed by atoms with Gasteiger partial charge in [0.1, 0.15) is 0 Å². The van der Waals surface area contributed by atoms with Crippen LogP contribution in [0.25, 0.3) is 11.3 Å². The van der Waals surface area contributed by atoms with Crippen LogP contribution in [0, 0.1) is 0 Å². The van der Waals surface area contributed by atoms with E-state index < -0.39 is 5.97 Å². The monoisotopic (exact) mass is 618 g/mol. The summed E-state index contributed by atoms with van der Waals surface area (Å²) in [6.07, 6.45) is 2.69. The number of amides is 2. The van der Waals surface area contributed by atoms with Crippen LogP contribution < -0.4 is 15.5 Å². The van der Waals surface area contributed by atoms with Crippen LogP contribution in [0.2, 0.25) is 0 Å². The number of carbonyl (C=O) groups excluding carboxylic acids is 2. The third kappa shape index (κ3) is 7.83. The molecule has 0 fully saturated rings. The minimum atomic E-state index is -0.862. The van der Waals surface area contributed by atoms with Crippen LogP contribution in [0.4, 0.5) is 17.1 Å². The number of benzene rings is 3. The van der Waals surface area contributed by atoms with E-state index in [0.717, 1.165) is 51.9 Å². The Labute approximate surface area is 249 Å². The molecule has 0 spiro atoms. The van der Waals surface area contributed by atoms with E-state index in [9.17, 15) is 14.4 Å². The Hall–Kier alpha value is -3.95. The summed E-state index contributed by atoms with van der Waals surface area (Å²) in [5, 5.41) is 15.5. The normalized spacial score (nSPS) is 13.5. The van der Waals surface area contributed by atoms with Crippen LogP contribution in [0.3, 0.4) is 0 Å². The number of unbranched alkanes of at least 4 members (excludes halogenated alkanes) is 1. The number of fused-ring (bicyclic) bond motifs is 1. The number of carboxylic acids is 1. The Bertz CT molecular complexity index is 1470. The van der Waals surface area contributed by atoms with Gasteiger partial charge < -0.3 is 25.5 Å². The van der Waals surface area contributed by atoms with Crippen molar-refractivity contribution in [3.63, 3.8) is 0 Å². The van der Waals surface area contributed by atoms with Crippen molar-refractivity contribution in [2.45, 2.75) is 32.1 Å². The minimum Gasteiger partial charge on any atom is -0.481 e. The number of hydrogen-bond donors (Lipinski definition) is 3. The average Bonchev–Trinajstić information content (AvgIpc) is 3.27. The lowest BCUT2D eigenvalue weighted by Gasteiger charge is -2.19. The summed E-state index contributed by atoms with van der Waals surface area (Å²) in [7, 11) is 5.83. The number of rotatable bonds is 12. The number of nitrogens with zero attached hydrogens (tertiary/aromatic N) is 2. The molecule has 41 heavy (non-hydrogen) atoms. The molecule has 9 heteroatoms. The molecule has 4 rings (SSSR count). The summed E-state index contributed by atoms with van der Waals surface area (Å²) in [6, 6.07) is 20.8. The molecule has 3 aromatic rings. The molecule has 0 saturated heterocycles. The Morgan fingerprint density at radius 2 is 1.71 bits per heavy atom. The van der Waals surface area contributed by atoms with Crippen molar-refractivity contribution in [3.05, 3.63) is 87.9 Å². The van der Waals surface area contributed by atoms with Gasteiger partial charge in [-0.05, 0) is 93.5 Å². The quantitative estimate of drug-likeness (QED) is 0.168. The first-order chi connectivity index (χ1) is 19.6. The second-order valence-electron chi connectivity index (χ2n) is 10.4. The van der Waals surface area contributed by atoms with Crippen molar-refractivity contribution in [1.29, 1.82) is 0 Å². The van der Waals surface area contributed by atoms with E-state index >= 15 is 0 Å². The van der Waals surface area contributed by atoms with Gasteiger partial charge in [0.2, 0.25) is 5.91 Å². The van der Waals surface area contributed by atoms with E-state index in [1.807, 2.05) is 80.8 Å². The number of aliphatic carboxylic acids is 1. The Kier molecular flexibility index (Phi) is 9.96. The summed E-state index contributed by atoms with van der Waals surface area (Å²) in [6.45, 7) is 0.956. The lowest BCUT2D eigenvalue weighted by Crippen LogP contribution is -2.26. The fourth-order valence-electron chi connectivity index (χ4n) is 4.73. The van der Waals surface area contributed by atoms with Gasteiger partial charge in [-0.15, -0.1) is 0 Å². The molecule has 3 aromatic carbocycles. The fourth-order valence-corrected chi connectivity index (χ4v) is 5.10. The van der Waals surface area contributed by atoms with E-state index in [2.05, 4.69) is 31.5 Å². The number of anilines is 3. The van der Waals surface area contributed by atoms with Gasteiger partial charge in [-0.2, -0.15) is 0 Å². The number of halogens is 1. The first-order valence-electron chi connectivity index (χ1n) is 13.6. The van der Waals surface area contributed by atoms with Crippen molar-refractivity contribution in [2.24, 2.45) is 0 Å². The fraction of sp³-hybridized carbons (Fsp3) is 0.281. The van der Waals surface area contributed by atoms with Gasteiger partial charge in [-0.3, -0.25) is 14.4 Å². The molecule has 1 aliphatic heterocycles. The second kappa shape index (κ2) is 13.6. The minimum absolute atomic E-state index is 0.0173. The number of carbonyl (C=O) groups is 3. The highest BCUT2D eigenvalue weighted by Crippen LogP contribution is 2.39. The number of aryl methyl sites for hydroxylation is 1. The van der Waals surface area contributed by atoms with Gasteiger partial charge in [-0.1, -0.05) is 40.2 Å². The first-order valence-corrected chi connectivity index (χ1v) is 14.4. The Balaban J connectivity index is 1.62. The average molecular weight is 620 g/mol. The summed E-state index contributed by atoms with van der Waals surface area (Å²) in [5.41, 5.74) is 5.75. The highest BCUT2D eigenvalue weighted by molar-refractivity contribution is 9.10. The standard InChI is InChI=1S/C32H35BrN4O4/c1-36(2)18-5-4-9-28(38)37(3)25-14-12-24(13-15-25)34-31(22-8-6-7-21(19-22)10-17-29(39)40)30-26-16-11-23(33)20-27(26)35-32(30)41/h6-8,11-16,19-20,34H,4-5,9-10,17-18H2,1-3H3,(H,35,41)(H,39,40). The van der Waals surface area contributed by atoms with Crippen LogP contribution >= 0.6 is 15.9 Å². The van der Waals surface area contributed by atoms with E-state index in [1.54, 1.807) is 11.9 Å². The molecule has 0 saturated carbocycles. The molecule has 0 unspecified atom stereocenters. The molecule has 3 N–H and O–H groups in total. The third-order valence-electron chi connectivity index (χ3n) is 6.96. The molecule has 0 aliphatic carbocycles. The highest BCUT2D eigenvalue weighted by atomic mass is 79.9. The zero-order valence-electron chi connectivity index (χ0n) is 23.5. The largest absolute Gasteiger partial charge is 0.481 e. The lowest BCUT2D eigenvalue weighted by atomic mass is 9.97. The lowest BCUT2D eigenvalue weighted by molar-refractivity contribution is -0.137. The number of carboxylic acid groups (broad SMARTS) is 1. The molecule has 214 valence electrons. The van der Waals surface area contributed by atoms with Crippen molar-refractivity contribution in [2.75, 3.05) is 43.2 Å². The highest BCUT2D eigenvalue weighted by Gasteiger charge is 2.28. The summed E-state index contributed by atoms with van der Waals surface area (Å²) < 4.78 is 0.856. The molecule has 1 heterocycles. The molecule has 0 bridgehead atoms. The molecule has 8 nitrogen and oxygen atoms in total. The zero-order chi connectivity index (χ0) is 29.5. The number of nitrogens with one attached hydrogen (secondary N) is 2. The molecule has 0 atom stereocenters. The molecule has 0 radical (unpaired) electrons. The predicted molar refractivity (Wildman–Crippen MR) is 168 cm³/mol. The molecule has 0 aromatic heterocycles. The molecular formula is C32H35BrN4O4. The maximum Gasteiger partial charge on any atom is 0.303 e. The van der Waals surface area contributed by atoms with Crippen LogP contribution in [0.15, 0.2) is 71.2 Å². The van der Waals surface area contributed by atoms with E-state index in [4.69, 9.17) is 5.11 Å². The van der Waals surface area contributed by atoms with E-state index in [0.29, 0.717) is 29.8 Å². The van der Waals surface area contributed by atoms with Crippen molar-refractivity contribution in [1.82, 2.24) is 4.90 Å². The van der Waals surface area contributed by atoms with Gasteiger partial charge in [0.25, 0.3) is 5.91 Å². The topological polar surface area (TPSA) is 102 Å². The van der Waals surface area contributed by atoms with Gasteiger partial charge in [0.15, 0.2) is 0 Å². The maximum absolute atomic E-state index is 13.3. The number of hydrogen-bond acceptors (Lipinski definition) is 5. The maximum atomic E-state index is 13.3. The van der Waals surface area contributed by atoms with Gasteiger partial charge in [-0.25, -0.2) is 0 Å². The Morgan fingerprint density at radius 3 is 2.41 bits per heavy atom.